The molecule has 0 radical (unpaired) electrons. The third kappa shape index (κ3) is 3.78. The predicted octanol–water partition coefficient (Wildman–Crippen LogP) is 1.39. The first-order valence-corrected chi connectivity index (χ1v) is 9.13. The molecule has 2 amide bonds. The van der Waals surface area contributed by atoms with Gasteiger partial charge in [-0.15, -0.1) is 0 Å². The zero-order valence-electron chi connectivity index (χ0n) is 11.8. The lowest BCUT2D eigenvalue weighted by Crippen LogP contribution is -2.42. The second kappa shape index (κ2) is 5.71. The highest BCUT2D eigenvalue weighted by Gasteiger charge is 2.34. The molecule has 1 atom stereocenters. The Morgan fingerprint density at radius 2 is 2.19 bits per heavy atom. The van der Waals surface area contributed by atoms with Gasteiger partial charge in [0.15, 0.2) is 9.84 Å². The highest BCUT2D eigenvalue weighted by atomic mass is 32.2. The molecule has 3 rings (SSSR count). The molecule has 7 heteroatoms. The number of nitrogens with zero attached hydrogens (tertiary/aromatic N) is 1. The SMILES string of the molecule is O=C(NC[C@H]1CCS(=O)(=O)C1)N(Cc1ccco1)C1CC1. The minimum Gasteiger partial charge on any atom is -0.467 e. The summed E-state index contributed by atoms with van der Waals surface area (Å²) in [4.78, 5) is 14.1. The summed E-state index contributed by atoms with van der Waals surface area (Å²) in [5.41, 5.74) is 0. The lowest BCUT2D eigenvalue weighted by Gasteiger charge is -2.22. The number of sulfone groups is 1. The van der Waals surface area contributed by atoms with Crippen molar-refractivity contribution in [2.75, 3.05) is 18.1 Å². The van der Waals surface area contributed by atoms with Gasteiger partial charge in [-0.1, -0.05) is 0 Å². The van der Waals surface area contributed by atoms with Crippen LogP contribution in [0.5, 0.6) is 0 Å². The molecule has 1 N–H and O–H groups in total. The Balaban J connectivity index is 1.53. The van der Waals surface area contributed by atoms with Crippen molar-refractivity contribution < 1.29 is 17.6 Å². The lowest BCUT2D eigenvalue weighted by atomic mass is 10.1. The number of hydrogen-bond acceptors (Lipinski definition) is 4. The summed E-state index contributed by atoms with van der Waals surface area (Å²) in [6, 6.07) is 3.81. The fourth-order valence-electron chi connectivity index (χ4n) is 2.69. The van der Waals surface area contributed by atoms with Gasteiger partial charge < -0.3 is 14.6 Å². The first kappa shape index (κ1) is 14.4. The average Bonchev–Trinajstić information content (AvgIpc) is 3.03. The van der Waals surface area contributed by atoms with Gasteiger partial charge in [-0.05, 0) is 37.3 Å². The van der Waals surface area contributed by atoms with E-state index >= 15 is 0 Å². The molecule has 116 valence electrons. The van der Waals surface area contributed by atoms with Crippen molar-refractivity contribution in [2.45, 2.75) is 31.8 Å². The Bertz CT molecular complexity index is 593. The summed E-state index contributed by atoms with van der Waals surface area (Å²) in [6.45, 7) is 0.895. The predicted molar refractivity (Wildman–Crippen MR) is 77.4 cm³/mol. The van der Waals surface area contributed by atoms with Crippen molar-refractivity contribution >= 4 is 15.9 Å². The maximum Gasteiger partial charge on any atom is 0.318 e. The number of hydrogen-bond donors (Lipinski definition) is 1. The molecule has 0 aromatic carbocycles. The largest absolute Gasteiger partial charge is 0.467 e. The first-order chi connectivity index (χ1) is 10.0. The zero-order valence-corrected chi connectivity index (χ0v) is 12.6. The molecule has 1 aromatic rings. The fourth-order valence-corrected chi connectivity index (χ4v) is 4.55. The Morgan fingerprint density at radius 3 is 2.76 bits per heavy atom. The van der Waals surface area contributed by atoms with Crippen LogP contribution >= 0.6 is 0 Å². The number of nitrogens with one attached hydrogen (secondary N) is 1. The van der Waals surface area contributed by atoms with E-state index < -0.39 is 9.84 Å². The van der Waals surface area contributed by atoms with Gasteiger partial charge in [-0.2, -0.15) is 0 Å². The average molecular weight is 312 g/mol. The summed E-state index contributed by atoms with van der Waals surface area (Å²) >= 11 is 0. The van der Waals surface area contributed by atoms with Crippen LogP contribution in [0, 0.1) is 5.92 Å². The lowest BCUT2D eigenvalue weighted by molar-refractivity contribution is 0.185. The van der Waals surface area contributed by atoms with E-state index in [0.717, 1.165) is 18.6 Å². The fraction of sp³-hybridized carbons (Fsp3) is 0.643. The van der Waals surface area contributed by atoms with Gasteiger partial charge in [-0.3, -0.25) is 0 Å². The Labute approximate surface area is 124 Å². The second-order valence-electron chi connectivity index (χ2n) is 5.89. The van der Waals surface area contributed by atoms with Crippen molar-refractivity contribution in [3.63, 3.8) is 0 Å². The third-order valence-corrected chi connectivity index (χ3v) is 5.86. The number of carbonyl (C=O) groups is 1. The highest BCUT2D eigenvalue weighted by Crippen LogP contribution is 2.28. The maximum absolute atomic E-state index is 12.3. The highest BCUT2D eigenvalue weighted by molar-refractivity contribution is 7.91. The molecule has 1 saturated heterocycles. The minimum atomic E-state index is -2.89. The molecule has 2 fully saturated rings. The van der Waals surface area contributed by atoms with Crippen LogP contribution in [0.3, 0.4) is 0 Å². The molecular weight excluding hydrogens is 292 g/mol. The summed E-state index contributed by atoms with van der Waals surface area (Å²) in [6.07, 6.45) is 4.28. The van der Waals surface area contributed by atoms with E-state index in [9.17, 15) is 13.2 Å². The van der Waals surface area contributed by atoms with Crippen LogP contribution in [0.25, 0.3) is 0 Å². The van der Waals surface area contributed by atoms with Crippen LogP contribution < -0.4 is 5.32 Å². The molecular formula is C14H20N2O4S. The number of urea groups is 1. The first-order valence-electron chi connectivity index (χ1n) is 7.31. The monoisotopic (exact) mass is 312 g/mol. The molecule has 21 heavy (non-hydrogen) atoms. The van der Waals surface area contributed by atoms with Crippen molar-refractivity contribution in [2.24, 2.45) is 5.92 Å². The van der Waals surface area contributed by atoms with E-state index in [4.69, 9.17) is 4.42 Å². The van der Waals surface area contributed by atoms with Gasteiger partial charge in [0.25, 0.3) is 0 Å². The van der Waals surface area contributed by atoms with E-state index in [2.05, 4.69) is 5.32 Å². The Hall–Kier alpha value is -1.50. The summed E-state index contributed by atoms with van der Waals surface area (Å²) in [7, 11) is -2.89. The molecule has 2 heterocycles. The standard InChI is InChI=1S/C14H20N2O4S/c17-14(15-8-11-5-7-21(18,19)10-11)16(12-3-4-12)9-13-2-1-6-20-13/h1-2,6,11-12H,3-5,7-10H2,(H,15,17)/t11-/m1/s1. The Morgan fingerprint density at radius 1 is 1.38 bits per heavy atom. The van der Waals surface area contributed by atoms with Gasteiger partial charge >= 0.3 is 6.03 Å². The van der Waals surface area contributed by atoms with Crippen molar-refractivity contribution in [3.05, 3.63) is 24.2 Å². The third-order valence-electron chi connectivity index (χ3n) is 4.02. The second-order valence-corrected chi connectivity index (χ2v) is 8.12. The zero-order chi connectivity index (χ0) is 14.9. The molecule has 1 aromatic heterocycles. The Kier molecular flexibility index (Phi) is 3.93. The quantitative estimate of drug-likeness (QED) is 0.891. The van der Waals surface area contributed by atoms with Crippen LogP contribution in [-0.4, -0.2) is 43.4 Å². The van der Waals surface area contributed by atoms with E-state index in [0.29, 0.717) is 19.5 Å². The molecule has 1 aliphatic carbocycles. The smallest absolute Gasteiger partial charge is 0.318 e. The molecule has 0 unspecified atom stereocenters. The van der Waals surface area contributed by atoms with E-state index in [1.807, 2.05) is 12.1 Å². The van der Waals surface area contributed by atoms with Crippen LogP contribution in [0.2, 0.25) is 0 Å². The number of carbonyl (C=O) groups excluding carboxylic acids is 1. The van der Waals surface area contributed by atoms with Gasteiger partial charge in [0.05, 0.1) is 24.3 Å². The van der Waals surface area contributed by atoms with Gasteiger partial charge in [0.1, 0.15) is 5.76 Å². The van der Waals surface area contributed by atoms with E-state index in [-0.39, 0.29) is 29.5 Å². The minimum absolute atomic E-state index is 0.0450. The van der Waals surface area contributed by atoms with Gasteiger partial charge in [0.2, 0.25) is 0 Å². The molecule has 1 aliphatic heterocycles. The van der Waals surface area contributed by atoms with Crippen molar-refractivity contribution in [1.29, 1.82) is 0 Å². The number of furan rings is 1. The van der Waals surface area contributed by atoms with Crippen LogP contribution in [0.1, 0.15) is 25.0 Å². The summed E-state index contributed by atoms with van der Waals surface area (Å²) in [5.74, 6) is 1.24. The number of rotatable bonds is 5. The topological polar surface area (TPSA) is 79.6 Å². The number of amides is 2. The van der Waals surface area contributed by atoms with Gasteiger partial charge in [0, 0.05) is 12.6 Å². The van der Waals surface area contributed by atoms with Crippen molar-refractivity contribution in [1.82, 2.24) is 10.2 Å². The summed E-state index contributed by atoms with van der Waals surface area (Å²) in [5, 5.41) is 2.88. The van der Waals surface area contributed by atoms with Crippen LogP contribution in [-0.2, 0) is 16.4 Å². The molecule has 2 aliphatic rings. The van der Waals surface area contributed by atoms with E-state index in [1.165, 1.54) is 0 Å². The molecule has 0 spiro atoms. The molecule has 6 nitrogen and oxygen atoms in total. The van der Waals surface area contributed by atoms with Gasteiger partial charge in [-0.25, -0.2) is 13.2 Å². The normalized spacial score (nSPS) is 23.9. The summed E-state index contributed by atoms with van der Waals surface area (Å²) < 4.78 is 28.1. The maximum atomic E-state index is 12.3. The van der Waals surface area contributed by atoms with Crippen LogP contribution in [0.15, 0.2) is 22.8 Å². The van der Waals surface area contributed by atoms with Crippen molar-refractivity contribution in [3.8, 4) is 0 Å². The molecule has 0 bridgehead atoms. The molecule has 1 saturated carbocycles. The van der Waals surface area contributed by atoms with Crippen LogP contribution in [0.4, 0.5) is 4.79 Å². The van der Waals surface area contributed by atoms with E-state index in [1.54, 1.807) is 11.2 Å².